The summed E-state index contributed by atoms with van der Waals surface area (Å²) in [5.41, 5.74) is 1.00. The Morgan fingerprint density at radius 2 is 1.86 bits per heavy atom. The summed E-state index contributed by atoms with van der Waals surface area (Å²) in [4.78, 5) is 38.3. The van der Waals surface area contributed by atoms with Crippen molar-refractivity contribution in [2.24, 2.45) is 5.92 Å². The van der Waals surface area contributed by atoms with Crippen LogP contribution in [-0.4, -0.2) is 49.0 Å². The SMILES string of the molecule is CCOC(=O)CC(=O)C1CCN(C(=O)OC)C(CC(C)(C)c2ccccc2)C1. The number of benzene rings is 1. The number of rotatable bonds is 7. The highest BCUT2D eigenvalue weighted by molar-refractivity contribution is 5.96. The molecule has 1 fully saturated rings. The third-order valence-corrected chi connectivity index (χ3v) is 5.51. The van der Waals surface area contributed by atoms with Gasteiger partial charge in [0.15, 0.2) is 0 Å². The molecule has 0 aromatic heterocycles. The highest BCUT2D eigenvalue weighted by Gasteiger charge is 2.38. The zero-order valence-electron chi connectivity index (χ0n) is 17.3. The molecule has 0 bridgehead atoms. The summed E-state index contributed by atoms with van der Waals surface area (Å²) in [6, 6.07) is 10.0. The minimum Gasteiger partial charge on any atom is -0.466 e. The molecule has 6 nitrogen and oxygen atoms in total. The van der Waals surface area contributed by atoms with E-state index in [-0.39, 0.29) is 42.3 Å². The van der Waals surface area contributed by atoms with Crippen LogP contribution < -0.4 is 0 Å². The summed E-state index contributed by atoms with van der Waals surface area (Å²) in [6.45, 7) is 6.71. The number of amides is 1. The summed E-state index contributed by atoms with van der Waals surface area (Å²) in [6.07, 6.45) is 1.20. The number of esters is 1. The number of nitrogens with zero attached hydrogens (tertiary/aromatic N) is 1. The van der Waals surface area contributed by atoms with Crippen molar-refractivity contribution in [3.05, 3.63) is 35.9 Å². The van der Waals surface area contributed by atoms with Crippen molar-refractivity contribution in [1.82, 2.24) is 4.90 Å². The first-order valence-corrected chi connectivity index (χ1v) is 9.87. The lowest BCUT2D eigenvalue weighted by Gasteiger charge is -2.41. The minimum atomic E-state index is -0.482. The second-order valence-corrected chi connectivity index (χ2v) is 7.94. The molecule has 0 radical (unpaired) electrons. The molecule has 2 rings (SSSR count). The maximum absolute atomic E-state index is 12.6. The molecule has 1 aromatic carbocycles. The molecule has 1 heterocycles. The van der Waals surface area contributed by atoms with Gasteiger partial charge in [-0.05, 0) is 37.2 Å². The van der Waals surface area contributed by atoms with Gasteiger partial charge >= 0.3 is 12.1 Å². The number of carbonyl (C=O) groups is 3. The summed E-state index contributed by atoms with van der Waals surface area (Å²) in [7, 11) is 1.37. The van der Waals surface area contributed by atoms with E-state index in [4.69, 9.17) is 9.47 Å². The third kappa shape index (κ3) is 5.57. The second-order valence-electron chi connectivity index (χ2n) is 7.94. The molecule has 0 spiro atoms. The first-order chi connectivity index (χ1) is 13.3. The molecule has 2 unspecified atom stereocenters. The number of methoxy groups -OCH3 is 1. The molecule has 28 heavy (non-hydrogen) atoms. The number of hydrogen-bond donors (Lipinski definition) is 0. The van der Waals surface area contributed by atoms with E-state index in [0.29, 0.717) is 25.8 Å². The molecule has 6 heteroatoms. The van der Waals surface area contributed by atoms with E-state index in [2.05, 4.69) is 26.0 Å². The number of likely N-dealkylation sites (tertiary alicyclic amines) is 1. The molecule has 1 saturated heterocycles. The molecule has 0 N–H and O–H groups in total. The minimum absolute atomic E-state index is 0.106. The van der Waals surface area contributed by atoms with E-state index in [1.807, 2.05) is 18.2 Å². The van der Waals surface area contributed by atoms with E-state index in [1.165, 1.54) is 12.7 Å². The fraction of sp³-hybridized carbons (Fsp3) is 0.591. The first-order valence-electron chi connectivity index (χ1n) is 9.87. The van der Waals surface area contributed by atoms with Crippen molar-refractivity contribution < 1.29 is 23.9 Å². The summed E-state index contributed by atoms with van der Waals surface area (Å²) in [5, 5.41) is 0. The number of ether oxygens (including phenoxy) is 2. The number of piperidine rings is 1. The highest BCUT2D eigenvalue weighted by Crippen LogP contribution is 2.35. The maximum Gasteiger partial charge on any atom is 0.409 e. The predicted molar refractivity (Wildman–Crippen MR) is 106 cm³/mol. The van der Waals surface area contributed by atoms with Crippen LogP contribution in [-0.2, 0) is 24.5 Å². The van der Waals surface area contributed by atoms with Crippen LogP contribution in [0.15, 0.2) is 30.3 Å². The standard InChI is InChI=1S/C22H31NO5/c1-5-28-20(25)14-19(24)16-11-12-23(21(26)27-4)18(13-16)15-22(2,3)17-9-7-6-8-10-17/h6-10,16,18H,5,11-15H2,1-4H3. The van der Waals surface area contributed by atoms with Gasteiger partial charge in [0, 0.05) is 18.5 Å². The third-order valence-electron chi connectivity index (χ3n) is 5.51. The molecule has 0 saturated carbocycles. The largest absolute Gasteiger partial charge is 0.466 e. The van der Waals surface area contributed by atoms with Crippen molar-refractivity contribution >= 4 is 17.8 Å². The molecular formula is C22H31NO5. The monoisotopic (exact) mass is 389 g/mol. The van der Waals surface area contributed by atoms with Gasteiger partial charge in [0.2, 0.25) is 0 Å². The Morgan fingerprint density at radius 3 is 2.46 bits per heavy atom. The van der Waals surface area contributed by atoms with Crippen molar-refractivity contribution in [3.8, 4) is 0 Å². The van der Waals surface area contributed by atoms with Crippen molar-refractivity contribution in [2.75, 3.05) is 20.3 Å². The average molecular weight is 389 g/mol. The lowest BCUT2D eigenvalue weighted by molar-refractivity contribution is -0.146. The van der Waals surface area contributed by atoms with Crippen LogP contribution in [0, 0.1) is 5.92 Å². The average Bonchev–Trinajstić information content (AvgIpc) is 2.68. The van der Waals surface area contributed by atoms with Crippen molar-refractivity contribution in [2.45, 2.75) is 57.9 Å². The number of carbonyl (C=O) groups excluding carboxylic acids is 3. The van der Waals surface area contributed by atoms with Gasteiger partial charge in [-0.25, -0.2) is 4.79 Å². The normalized spacial score (nSPS) is 19.8. The Kier molecular flexibility index (Phi) is 7.61. The van der Waals surface area contributed by atoms with Gasteiger partial charge in [0.25, 0.3) is 0 Å². The van der Waals surface area contributed by atoms with Gasteiger partial charge in [-0.1, -0.05) is 44.2 Å². The van der Waals surface area contributed by atoms with E-state index in [0.717, 1.165) is 0 Å². The zero-order valence-corrected chi connectivity index (χ0v) is 17.3. The van der Waals surface area contributed by atoms with Crippen LogP contribution >= 0.6 is 0 Å². The van der Waals surface area contributed by atoms with Gasteiger partial charge in [-0.2, -0.15) is 0 Å². The smallest absolute Gasteiger partial charge is 0.409 e. The Labute approximate surface area is 167 Å². The quantitative estimate of drug-likeness (QED) is 0.525. The molecule has 1 aliphatic heterocycles. The number of hydrogen-bond acceptors (Lipinski definition) is 5. The molecule has 1 amide bonds. The molecule has 1 aliphatic rings. The van der Waals surface area contributed by atoms with E-state index < -0.39 is 5.97 Å². The van der Waals surface area contributed by atoms with E-state index in [1.54, 1.807) is 11.8 Å². The molecular weight excluding hydrogens is 358 g/mol. The van der Waals surface area contributed by atoms with Crippen LogP contribution in [0.3, 0.4) is 0 Å². The van der Waals surface area contributed by atoms with Crippen LogP contribution in [0.4, 0.5) is 4.79 Å². The molecule has 1 aromatic rings. The summed E-state index contributed by atoms with van der Waals surface area (Å²) in [5.74, 6) is -0.837. The Balaban J connectivity index is 2.14. The van der Waals surface area contributed by atoms with E-state index in [9.17, 15) is 14.4 Å². The van der Waals surface area contributed by atoms with E-state index >= 15 is 0 Å². The molecule has 154 valence electrons. The van der Waals surface area contributed by atoms with Gasteiger partial charge in [-0.3, -0.25) is 9.59 Å². The Hall–Kier alpha value is -2.37. The van der Waals surface area contributed by atoms with Crippen molar-refractivity contribution in [1.29, 1.82) is 0 Å². The van der Waals surface area contributed by atoms with Gasteiger partial charge < -0.3 is 14.4 Å². The molecule has 0 aliphatic carbocycles. The highest BCUT2D eigenvalue weighted by atomic mass is 16.5. The van der Waals surface area contributed by atoms with Gasteiger partial charge in [0.05, 0.1) is 13.7 Å². The maximum atomic E-state index is 12.6. The van der Waals surface area contributed by atoms with Crippen molar-refractivity contribution in [3.63, 3.8) is 0 Å². The van der Waals surface area contributed by atoms with Gasteiger partial charge in [0.1, 0.15) is 12.2 Å². The van der Waals surface area contributed by atoms with Crippen LogP contribution in [0.1, 0.15) is 52.0 Å². The zero-order chi connectivity index (χ0) is 20.7. The van der Waals surface area contributed by atoms with Crippen LogP contribution in [0.25, 0.3) is 0 Å². The second kappa shape index (κ2) is 9.71. The summed E-state index contributed by atoms with van der Waals surface area (Å²) >= 11 is 0. The first kappa shape index (κ1) is 21.9. The Morgan fingerprint density at radius 1 is 1.18 bits per heavy atom. The summed E-state index contributed by atoms with van der Waals surface area (Å²) < 4.78 is 9.86. The van der Waals surface area contributed by atoms with Gasteiger partial charge in [-0.15, -0.1) is 0 Å². The molecule has 2 atom stereocenters. The van der Waals surface area contributed by atoms with Crippen LogP contribution in [0.5, 0.6) is 0 Å². The lowest BCUT2D eigenvalue weighted by Crippen LogP contribution is -2.49. The Bertz CT molecular complexity index is 685. The number of Topliss-reactive ketones (excluding diaryl/α,β-unsaturated/α-hetero) is 1. The fourth-order valence-electron chi connectivity index (χ4n) is 3.99. The topological polar surface area (TPSA) is 72.9 Å². The number of ketones is 1. The lowest BCUT2D eigenvalue weighted by atomic mass is 9.75. The fourth-order valence-corrected chi connectivity index (χ4v) is 3.99. The van der Waals surface area contributed by atoms with Crippen LogP contribution in [0.2, 0.25) is 0 Å². The predicted octanol–water partition coefficient (Wildman–Crippen LogP) is 3.72.